The average molecular weight is 881 g/mol. The van der Waals surface area contributed by atoms with E-state index in [1.165, 1.54) is 115 Å². The Morgan fingerprint density at radius 2 is 0.882 bits per heavy atom. The van der Waals surface area contributed by atoms with Gasteiger partial charge in [-0.3, -0.25) is 0 Å². The normalized spacial score (nSPS) is 13.2. The molecule has 11 aromatic carbocycles. The molecule has 0 unspecified atom stereocenters. The molecule has 1 spiro atoms. The van der Waals surface area contributed by atoms with Crippen LogP contribution in [0.5, 0.6) is 0 Å². The van der Waals surface area contributed by atoms with E-state index in [0.717, 1.165) is 22.7 Å². The maximum absolute atomic E-state index is 3.70. The number of hydrogen-bond acceptors (Lipinski definition) is 3. The molecule has 0 amide bonds. The summed E-state index contributed by atoms with van der Waals surface area (Å²) in [5.74, 6) is 0. The predicted molar refractivity (Wildman–Crippen MR) is 287 cm³/mol. The molecular formula is C65H40N2S. The fourth-order valence-electron chi connectivity index (χ4n) is 12.1. The first-order chi connectivity index (χ1) is 33.7. The minimum Gasteiger partial charge on any atom is -0.354 e. The number of fused-ring (bicyclic) bond motifs is 16. The summed E-state index contributed by atoms with van der Waals surface area (Å²) in [5.41, 5.74) is 23.3. The number of para-hydroxylation sites is 2. The molecule has 1 aromatic heterocycles. The van der Waals surface area contributed by atoms with Crippen LogP contribution in [0.15, 0.2) is 237 Å². The Hall–Kier alpha value is -8.50. The lowest BCUT2D eigenvalue weighted by Crippen LogP contribution is -2.26. The minimum absolute atomic E-state index is 0.411. The number of hydrogen-bond donors (Lipinski definition) is 1. The van der Waals surface area contributed by atoms with Crippen LogP contribution in [0, 0.1) is 0 Å². The summed E-state index contributed by atoms with van der Waals surface area (Å²) in [6.45, 7) is 0. The fourth-order valence-corrected chi connectivity index (χ4v) is 13.3. The lowest BCUT2D eigenvalue weighted by Gasteiger charge is -2.32. The van der Waals surface area contributed by atoms with Gasteiger partial charge in [0.25, 0.3) is 0 Å². The van der Waals surface area contributed by atoms with E-state index in [2.05, 4.69) is 247 Å². The molecule has 316 valence electrons. The molecular weight excluding hydrogens is 841 g/mol. The van der Waals surface area contributed by atoms with Gasteiger partial charge in [0.2, 0.25) is 0 Å². The van der Waals surface area contributed by atoms with E-state index in [4.69, 9.17) is 0 Å². The summed E-state index contributed by atoms with van der Waals surface area (Å²) in [4.78, 5) is 2.41. The van der Waals surface area contributed by atoms with Crippen LogP contribution in [0.3, 0.4) is 0 Å². The number of thiophene rings is 1. The monoisotopic (exact) mass is 880 g/mol. The van der Waals surface area contributed by atoms with Gasteiger partial charge in [-0.25, -0.2) is 0 Å². The van der Waals surface area contributed by atoms with Crippen molar-refractivity contribution in [1.29, 1.82) is 0 Å². The molecule has 0 radical (unpaired) electrons. The summed E-state index contributed by atoms with van der Waals surface area (Å²) in [6.07, 6.45) is 0. The molecule has 12 aromatic rings. The van der Waals surface area contributed by atoms with Crippen LogP contribution >= 0.6 is 11.3 Å². The Morgan fingerprint density at radius 1 is 0.324 bits per heavy atom. The van der Waals surface area contributed by atoms with Crippen molar-refractivity contribution in [3.8, 4) is 55.6 Å². The van der Waals surface area contributed by atoms with Gasteiger partial charge in [-0.15, -0.1) is 11.3 Å². The molecule has 2 nitrogen and oxygen atoms in total. The molecule has 0 saturated carbocycles. The SMILES string of the molecule is c1ccc(N(c2ccc(-c3cccc(-c4ccc5sc6c7cccc8c7c(cc6c5c4)-c4ccccc4N8)c3)cc2)c2ccc3c(c2)C2(c4ccccc4-c4ccccc42)c2ccccc2-3)cc1. The molecule has 3 aliphatic rings. The van der Waals surface area contributed by atoms with Gasteiger partial charge in [0.05, 0.1) is 5.41 Å². The molecule has 0 atom stereocenters. The van der Waals surface area contributed by atoms with Crippen LogP contribution < -0.4 is 10.2 Å². The molecule has 1 aliphatic heterocycles. The lowest BCUT2D eigenvalue weighted by atomic mass is 9.70. The highest BCUT2D eigenvalue weighted by atomic mass is 32.1. The highest BCUT2D eigenvalue weighted by molar-refractivity contribution is 7.26. The van der Waals surface area contributed by atoms with Gasteiger partial charge >= 0.3 is 0 Å². The zero-order valence-electron chi connectivity index (χ0n) is 36.9. The van der Waals surface area contributed by atoms with E-state index in [0.29, 0.717) is 0 Å². The predicted octanol–water partition coefficient (Wildman–Crippen LogP) is 18.1. The van der Waals surface area contributed by atoms with E-state index in [9.17, 15) is 0 Å². The van der Waals surface area contributed by atoms with E-state index in [1.54, 1.807) is 0 Å². The van der Waals surface area contributed by atoms with Crippen LogP contribution in [0.25, 0.3) is 86.6 Å². The number of nitrogens with one attached hydrogen (secondary N) is 1. The Balaban J connectivity index is 0.821. The standard InChI is InChI=1S/C65H40N2S/c1-2-16-44(17-3-1)67(46-33-34-50-49-20-6-10-25-58(49)65(59(50)38-46)56-23-8-4-18-47(56)48-19-5-9-24-57(48)65)45-31-28-40(29-32-45)41-14-12-15-42(36-41)43-30-35-62-53(37-43)55-39-54-51-21-7-11-26-60(51)66-61-27-13-22-52(63(54)61)64(55)68-62/h1-39,66H. The molecule has 2 heterocycles. The Labute approximate surface area is 398 Å². The number of anilines is 5. The first kappa shape index (κ1) is 37.7. The molecule has 3 heteroatoms. The van der Waals surface area contributed by atoms with Crippen molar-refractivity contribution in [2.24, 2.45) is 0 Å². The first-order valence-electron chi connectivity index (χ1n) is 23.5. The third kappa shape index (κ3) is 5.22. The van der Waals surface area contributed by atoms with Crippen molar-refractivity contribution in [1.82, 2.24) is 0 Å². The zero-order valence-corrected chi connectivity index (χ0v) is 37.7. The van der Waals surface area contributed by atoms with Crippen LogP contribution in [0.1, 0.15) is 22.3 Å². The van der Waals surface area contributed by atoms with Crippen molar-refractivity contribution in [3.05, 3.63) is 259 Å². The Bertz CT molecular complexity index is 4000. The maximum atomic E-state index is 3.70. The summed E-state index contributed by atoms with van der Waals surface area (Å²) in [7, 11) is 0. The van der Waals surface area contributed by atoms with Gasteiger partial charge in [-0.1, -0.05) is 164 Å². The van der Waals surface area contributed by atoms with Gasteiger partial charge < -0.3 is 10.2 Å². The van der Waals surface area contributed by atoms with E-state index < -0.39 is 5.41 Å². The van der Waals surface area contributed by atoms with E-state index in [1.807, 2.05) is 11.3 Å². The largest absolute Gasteiger partial charge is 0.354 e. The van der Waals surface area contributed by atoms with Crippen molar-refractivity contribution < 1.29 is 0 Å². The second kappa shape index (κ2) is 14.3. The van der Waals surface area contributed by atoms with Crippen LogP contribution in [0.4, 0.5) is 28.4 Å². The quantitative estimate of drug-likeness (QED) is 0.185. The van der Waals surface area contributed by atoms with E-state index >= 15 is 0 Å². The van der Waals surface area contributed by atoms with Gasteiger partial charge in [-0.2, -0.15) is 0 Å². The molecule has 68 heavy (non-hydrogen) atoms. The van der Waals surface area contributed by atoms with Gasteiger partial charge in [-0.05, 0) is 145 Å². The number of rotatable bonds is 5. The molecule has 0 fully saturated rings. The van der Waals surface area contributed by atoms with Crippen molar-refractivity contribution in [2.75, 3.05) is 10.2 Å². The van der Waals surface area contributed by atoms with Gasteiger partial charge in [0, 0.05) is 64.9 Å². The topological polar surface area (TPSA) is 15.3 Å². The summed E-state index contributed by atoms with van der Waals surface area (Å²) in [6, 6.07) is 88.0. The van der Waals surface area contributed by atoms with Crippen molar-refractivity contribution >= 4 is 70.7 Å². The van der Waals surface area contributed by atoms with Gasteiger partial charge in [0.15, 0.2) is 0 Å². The second-order valence-corrected chi connectivity index (χ2v) is 19.5. The van der Waals surface area contributed by atoms with Crippen molar-refractivity contribution in [2.45, 2.75) is 5.41 Å². The lowest BCUT2D eigenvalue weighted by molar-refractivity contribution is 0.793. The van der Waals surface area contributed by atoms with E-state index in [-0.39, 0.29) is 0 Å². The van der Waals surface area contributed by atoms with Crippen LogP contribution in [-0.2, 0) is 5.41 Å². The molecule has 15 rings (SSSR count). The van der Waals surface area contributed by atoms with Gasteiger partial charge in [0.1, 0.15) is 0 Å². The summed E-state index contributed by atoms with van der Waals surface area (Å²) < 4.78 is 2.65. The highest BCUT2D eigenvalue weighted by Gasteiger charge is 2.51. The maximum Gasteiger partial charge on any atom is 0.0726 e. The molecule has 1 N–H and O–H groups in total. The summed E-state index contributed by atoms with van der Waals surface area (Å²) >= 11 is 1.90. The van der Waals surface area contributed by atoms with Crippen LogP contribution in [-0.4, -0.2) is 0 Å². The Morgan fingerprint density at radius 3 is 1.62 bits per heavy atom. The highest BCUT2D eigenvalue weighted by Crippen LogP contribution is 2.63. The smallest absolute Gasteiger partial charge is 0.0726 e. The molecule has 2 aliphatic carbocycles. The third-order valence-electron chi connectivity index (χ3n) is 15.0. The third-order valence-corrected chi connectivity index (χ3v) is 16.2. The first-order valence-corrected chi connectivity index (χ1v) is 24.3. The molecule has 0 bridgehead atoms. The summed E-state index contributed by atoms with van der Waals surface area (Å²) in [5, 5.41) is 8.95. The Kier molecular flexibility index (Phi) is 7.90. The van der Waals surface area contributed by atoms with Crippen molar-refractivity contribution in [3.63, 3.8) is 0 Å². The second-order valence-electron chi connectivity index (χ2n) is 18.4. The number of nitrogens with zero attached hydrogens (tertiary/aromatic N) is 1. The zero-order chi connectivity index (χ0) is 44.5. The average Bonchev–Trinajstić information content (AvgIpc) is 4.03. The minimum atomic E-state index is -0.411. The fraction of sp³-hybridized carbons (Fsp3) is 0.0154. The number of benzene rings is 11. The van der Waals surface area contributed by atoms with Crippen LogP contribution in [0.2, 0.25) is 0 Å². The molecule has 0 saturated heterocycles.